The highest BCUT2D eigenvalue weighted by Crippen LogP contribution is 2.12. The van der Waals surface area contributed by atoms with Crippen molar-refractivity contribution >= 4 is 0 Å². The molecule has 21 heavy (non-hydrogen) atoms. The van der Waals surface area contributed by atoms with Gasteiger partial charge in [0.25, 0.3) is 0 Å². The number of hydrogen-bond acceptors (Lipinski definition) is 2. The van der Waals surface area contributed by atoms with Crippen LogP contribution in [0.2, 0.25) is 0 Å². The smallest absolute Gasteiger partial charge is 0.0692 e. The van der Waals surface area contributed by atoms with E-state index in [1.54, 1.807) is 0 Å². The Bertz CT molecular complexity index is 192. The zero-order chi connectivity index (χ0) is 15.8. The van der Waals surface area contributed by atoms with Crippen molar-refractivity contribution in [2.45, 2.75) is 104 Å². The number of hydrogen-bond donors (Lipinski definition) is 2. The first kappa shape index (κ1) is 20.9. The molecule has 128 valence electrons. The van der Waals surface area contributed by atoms with Crippen molar-refractivity contribution in [2.24, 2.45) is 5.92 Å². The van der Waals surface area contributed by atoms with Crippen molar-refractivity contribution < 1.29 is 5.11 Å². The van der Waals surface area contributed by atoms with Gasteiger partial charge in [-0.3, -0.25) is 0 Å². The van der Waals surface area contributed by atoms with Crippen LogP contribution in [0.1, 0.15) is 97.8 Å². The van der Waals surface area contributed by atoms with Crippen molar-refractivity contribution in [3.63, 3.8) is 0 Å². The predicted octanol–water partition coefficient (Wildman–Crippen LogP) is 5.29. The van der Waals surface area contributed by atoms with Gasteiger partial charge in [-0.2, -0.15) is 0 Å². The molecule has 1 atom stereocenters. The van der Waals surface area contributed by atoms with Crippen LogP contribution in [-0.2, 0) is 0 Å². The minimum Gasteiger partial charge on any atom is -0.392 e. The Kier molecular flexibility index (Phi) is 16.2. The van der Waals surface area contributed by atoms with Gasteiger partial charge in [0, 0.05) is 6.54 Å². The Balaban J connectivity index is 3.18. The minimum absolute atomic E-state index is 0.164. The van der Waals surface area contributed by atoms with E-state index in [-0.39, 0.29) is 6.10 Å². The number of aliphatic hydroxyl groups excluding tert-OH is 1. The lowest BCUT2D eigenvalue weighted by Gasteiger charge is -2.20. The van der Waals surface area contributed by atoms with Gasteiger partial charge in [0.1, 0.15) is 0 Å². The summed E-state index contributed by atoms with van der Waals surface area (Å²) in [7, 11) is 0. The van der Waals surface area contributed by atoms with E-state index in [1.165, 1.54) is 64.2 Å². The highest BCUT2D eigenvalue weighted by atomic mass is 16.3. The van der Waals surface area contributed by atoms with Crippen LogP contribution in [0, 0.1) is 5.92 Å². The third-order valence-corrected chi connectivity index (χ3v) is 4.65. The first-order valence-electron chi connectivity index (χ1n) is 9.64. The lowest BCUT2D eigenvalue weighted by Crippen LogP contribution is -2.33. The number of nitrogens with one attached hydrogen (secondary N) is 1. The molecule has 0 radical (unpaired) electrons. The summed E-state index contributed by atoms with van der Waals surface area (Å²) in [4.78, 5) is 0. The molecule has 2 heteroatoms. The summed E-state index contributed by atoms with van der Waals surface area (Å²) < 4.78 is 0. The molecule has 0 saturated heterocycles. The van der Waals surface area contributed by atoms with Crippen molar-refractivity contribution in [3.8, 4) is 0 Å². The van der Waals surface area contributed by atoms with E-state index in [0.29, 0.717) is 5.92 Å². The van der Waals surface area contributed by atoms with Gasteiger partial charge in [0.2, 0.25) is 0 Å². The average molecular weight is 300 g/mol. The predicted molar refractivity (Wildman–Crippen MR) is 94.8 cm³/mol. The monoisotopic (exact) mass is 299 g/mol. The first-order chi connectivity index (χ1) is 10.3. The van der Waals surface area contributed by atoms with E-state index in [2.05, 4.69) is 26.1 Å². The fourth-order valence-electron chi connectivity index (χ4n) is 2.99. The molecule has 0 aromatic heterocycles. The molecule has 2 nitrogen and oxygen atoms in total. The van der Waals surface area contributed by atoms with Crippen molar-refractivity contribution in [3.05, 3.63) is 0 Å². The molecule has 0 rings (SSSR count). The molecule has 1 unspecified atom stereocenters. The molecule has 0 fully saturated rings. The zero-order valence-electron chi connectivity index (χ0n) is 15.0. The van der Waals surface area contributed by atoms with Crippen LogP contribution in [0.4, 0.5) is 0 Å². The summed E-state index contributed by atoms with van der Waals surface area (Å²) in [5.74, 6) is 0.463. The summed E-state index contributed by atoms with van der Waals surface area (Å²) in [5.41, 5.74) is 0. The second kappa shape index (κ2) is 16.3. The number of rotatable bonds is 16. The van der Waals surface area contributed by atoms with Gasteiger partial charge in [-0.1, -0.05) is 91.4 Å². The fraction of sp³-hybridized carbons (Fsp3) is 1.00. The van der Waals surface area contributed by atoms with Crippen LogP contribution >= 0.6 is 0 Å². The van der Waals surface area contributed by atoms with Gasteiger partial charge in [0.15, 0.2) is 0 Å². The maximum absolute atomic E-state index is 10.0. The quantitative estimate of drug-likeness (QED) is 0.379. The van der Waals surface area contributed by atoms with Gasteiger partial charge in [-0.05, 0) is 18.9 Å². The van der Waals surface area contributed by atoms with Gasteiger partial charge >= 0.3 is 0 Å². The summed E-state index contributed by atoms with van der Waals surface area (Å²) in [6.45, 7) is 8.44. The van der Waals surface area contributed by atoms with E-state index >= 15 is 0 Å². The molecule has 0 aliphatic rings. The number of unbranched alkanes of at least 4 members (excludes halogenated alkanes) is 9. The first-order valence-corrected chi connectivity index (χ1v) is 9.64. The van der Waals surface area contributed by atoms with Crippen LogP contribution in [-0.4, -0.2) is 24.3 Å². The van der Waals surface area contributed by atoms with Gasteiger partial charge < -0.3 is 10.4 Å². The summed E-state index contributed by atoms with van der Waals surface area (Å²) >= 11 is 0. The SMILES string of the molecule is CCCCCCCCCCCCNCC(O)C(CC)CC. The molecule has 0 heterocycles. The molecule has 0 amide bonds. The van der Waals surface area contributed by atoms with Crippen LogP contribution in [0.15, 0.2) is 0 Å². The fourth-order valence-corrected chi connectivity index (χ4v) is 2.99. The van der Waals surface area contributed by atoms with Crippen molar-refractivity contribution in [1.82, 2.24) is 5.32 Å². The molecule has 0 aromatic carbocycles. The van der Waals surface area contributed by atoms with Crippen molar-refractivity contribution in [1.29, 1.82) is 0 Å². The van der Waals surface area contributed by atoms with Crippen molar-refractivity contribution in [2.75, 3.05) is 13.1 Å². The second-order valence-electron chi connectivity index (χ2n) is 6.53. The van der Waals surface area contributed by atoms with Crippen LogP contribution in [0.3, 0.4) is 0 Å². The molecule has 0 saturated carbocycles. The molecular weight excluding hydrogens is 258 g/mol. The van der Waals surface area contributed by atoms with E-state index in [9.17, 15) is 5.11 Å². The van der Waals surface area contributed by atoms with E-state index in [0.717, 1.165) is 25.9 Å². The summed E-state index contributed by atoms with van der Waals surface area (Å²) in [6.07, 6.45) is 15.8. The summed E-state index contributed by atoms with van der Waals surface area (Å²) in [5, 5.41) is 13.4. The maximum Gasteiger partial charge on any atom is 0.0692 e. The van der Waals surface area contributed by atoms with Gasteiger partial charge in [-0.15, -0.1) is 0 Å². The Labute approximate surface area is 134 Å². The third kappa shape index (κ3) is 13.3. The van der Waals surface area contributed by atoms with E-state index in [1.807, 2.05) is 0 Å². The lowest BCUT2D eigenvalue weighted by molar-refractivity contribution is 0.101. The van der Waals surface area contributed by atoms with E-state index < -0.39 is 0 Å². The number of aliphatic hydroxyl groups is 1. The topological polar surface area (TPSA) is 32.3 Å². The zero-order valence-corrected chi connectivity index (χ0v) is 15.0. The van der Waals surface area contributed by atoms with Crippen LogP contribution < -0.4 is 5.32 Å². The maximum atomic E-state index is 10.0. The van der Waals surface area contributed by atoms with Crippen LogP contribution in [0.5, 0.6) is 0 Å². The van der Waals surface area contributed by atoms with Crippen LogP contribution in [0.25, 0.3) is 0 Å². The highest BCUT2D eigenvalue weighted by molar-refractivity contribution is 4.68. The average Bonchev–Trinajstić information content (AvgIpc) is 2.49. The largest absolute Gasteiger partial charge is 0.392 e. The highest BCUT2D eigenvalue weighted by Gasteiger charge is 2.14. The molecular formula is C19H41NO. The molecule has 0 aromatic rings. The molecule has 0 bridgehead atoms. The Hall–Kier alpha value is -0.0800. The van der Waals surface area contributed by atoms with Gasteiger partial charge in [-0.25, -0.2) is 0 Å². The Morgan fingerprint density at radius 2 is 1.19 bits per heavy atom. The summed E-state index contributed by atoms with van der Waals surface area (Å²) in [6, 6.07) is 0. The standard InChI is InChI=1S/C19H41NO/c1-4-7-8-9-10-11-12-13-14-15-16-20-17-19(21)18(5-2)6-3/h18-21H,4-17H2,1-3H3. The molecule has 0 spiro atoms. The van der Waals surface area contributed by atoms with E-state index in [4.69, 9.17) is 0 Å². The van der Waals surface area contributed by atoms with Gasteiger partial charge in [0.05, 0.1) is 6.10 Å². The molecule has 0 aliphatic carbocycles. The lowest BCUT2D eigenvalue weighted by atomic mass is 9.96. The minimum atomic E-state index is -0.164. The third-order valence-electron chi connectivity index (χ3n) is 4.65. The Morgan fingerprint density at radius 1 is 0.714 bits per heavy atom. The second-order valence-corrected chi connectivity index (χ2v) is 6.53. The molecule has 2 N–H and O–H groups in total. The Morgan fingerprint density at radius 3 is 1.67 bits per heavy atom. The normalized spacial score (nSPS) is 13.0. The molecule has 0 aliphatic heterocycles.